The summed E-state index contributed by atoms with van der Waals surface area (Å²) in [6, 6.07) is 6.33. The molecule has 104 valence electrons. The average Bonchev–Trinajstić information content (AvgIpc) is 2.86. The molecule has 1 heterocycles. The first kappa shape index (κ1) is 12.8. The lowest BCUT2D eigenvalue weighted by molar-refractivity contribution is 0.174. The van der Waals surface area contributed by atoms with Gasteiger partial charge in [0.25, 0.3) is 0 Å². The van der Waals surface area contributed by atoms with E-state index in [1.165, 1.54) is 24.9 Å². The topological polar surface area (TPSA) is 30.5 Å². The van der Waals surface area contributed by atoms with Crippen molar-refractivity contribution < 1.29 is 9.47 Å². The minimum Gasteiger partial charge on any atom is -0.454 e. The molecule has 1 aromatic carbocycles. The van der Waals surface area contributed by atoms with Gasteiger partial charge < -0.3 is 14.8 Å². The normalized spacial score (nSPS) is 27.6. The molecule has 1 aliphatic carbocycles. The molecule has 2 atom stereocenters. The molecule has 1 aliphatic heterocycles. The van der Waals surface area contributed by atoms with Gasteiger partial charge in [0.15, 0.2) is 11.5 Å². The predicted octanol–water partition coefficient (Wildman–Crippen LogP) is 2.98. The number of rotatable bonds is 6. The van der Waals surface area contributed by atoms with Gasteiger partial charge >= 0.3 is 0 Å². The molecule has 1 aromatic rings. The van der Waals surface area contributed by atoms with E-state index < -0.39 is 0 Å². The maximum Gasteiger partial charge on any atom is 0.231 e. The van der Waals surface area contributed by atoms with Gasteiger partial charge in [-0.1, -0.05) is 19.9 Å². The zero-order chi connectivity index (χ0) is 13.3. The van der Waals surface area contributed by atoms with E-state index in [0.717, 1.165) is 30.4 Å². The molecule has 3 nitrogen and oxygen atoms in total. The Kier molecular flexibility index (Phi) is 3.40. The molecule has 1 N–H and O–H groups in total. The summed E-state index contributed by atoms with van der Waals surface area (Å²) >= 11 is 0. The molecule has 1 fully saturated rings. The second-order valence-electron chi connectivity index (χ2n) is 6.05. The van der Waals surface area contributed by atoms with Crippen molar-refractivity contribution in [3.8, 4) is 11.5 Å². The highest BCUT2D eigenvalue weighted by atomic mass is 16.7. The summed E-state index contributed by atoms with van der Waals surface area (Å²) in [5, 5.41) is 3.46. The largest absolute Gasteiger partial charge is 0.454 e. The number of hydrogen-bond acceptors (Lipinski definition) is 3. The Morgan fingerprint density at radius 3 is 3.00 bits per heavy atom. The highest BCUT2D eigenvalue weighted by Gasteiger charge is 2.48. The Balaban J connectivity index is 1.53. The van der Waals surface area contributed by atoms with Crippen molar-refractivity contribution in [2.24, 2.45) is 11.3 Å². The zero-order valence-electron chi connectivity index (χ0n) is 11.9. The molecule has 19 heavy (non-hydrogen) atoms. The third-order valence-electron chi connectivity index (χ3n) is 4.60. The molecular formula is C16H23NO2. The van der Waals surface area contributed by atoms with Crippen LogP contribution in [0.2, 0.25) is 0 Å². The van der Waals surface area contributed by atoms with Crippen LogP contribution in [-0.2, 0) is 6.42 Å². The van der Waals surface area contributed by atoms with Gasteiger partial charge in [-0.15, -0.1) is 0 Å². The Morgan fingerprint density at radius 2 is 2.16 bits per heavy atom. The average molecular weight is 261 g/mol. The Morgan fingerprint density at radius 1 is 1.32 bits per heavy atom. The lowest BCUT2D eigenvalue weighted by Gasteiger charge is -2.12. The van der Waals surface area contributed by atoms with Crippen LogP contribution in [0.25, 0.3) is 0 Å². The van der Waals surface area contributed by atoms with Crippen LogP contribution in [0, 0.1) is 11.3 Å². The van der Waals surface area contributed by atoms with E-state index in [1.807, 2.05) is 6.07 Å². The van der Waals surface area contributed by atoms with Crippen LogP contribution in [-0.4, -0.2) is 19.9 Å². The van der Waals surface area contributed by atoms with Gasteiger partial charge in [-0.2, -0.15) is 0 Å². The van der Waals surface area contributed by atoms with Gasteiger partial charge in [-0.25, -0.2) is 0 Å². The summed E-state index contributed by atoms with van der Waals surface area (Å²) in [6.07, 6.45) is 3.77. The van der Waals surface area contributed by atoms with Crippen molar-refractivity contribution in [3.05, 3.63) is 23.8 Å². The highest BCUT2D eigenvalue weighted by Crippen LogP contribution is 2.55. The minimum absolute atomic E-state index is 0.362. The molecule has 0 radical (unpaired) electrons. The van der Waals surface area contributed by atoms with Gasteiger partial charge in [0.1, 0.15) is 0 Å². The number of hydrogen-bond donors (Lipinski definition) is 1. The van der Waals surface area contributed by atoms with Crippen molar-refractivity contribution >= 4 is 0 Å². The molecule has 0 bridgehead atoms. The van der Waals surface area contributed by atoms with E-state index in [0.29, 0.717) is 12.2 Å². The predicted molar refractivity (Wildman–Crippen MR) is 75.6 cm³/mol. The van der Waals surface area contributed by atoms with E-state index in [2.05, 4.69) is 31.3 Å². The van der Waals surface area contributed by atoms with Gasteiger partial charge in [0.2, 0.25) is 6.79 Å². The van der Waals surface area contributed by atoms with Crippen molar-refractivity contribution in [1.82, 2.24) is 5.32 Å². The van der Waals surface area contributed by atoms with Crippen molar-refractivity contribution in [2.75, 3.05) is 19.9 Å². The lowest BCUT2D eigenvalue weighted by Crippen LogP contribution is -2.18. The molecule has 0 saturated heterocycles. The van der Waals surface area contributed by atoms with Crippen molar-refractivity contribution in [3.63, 3.8) is 0 Å². The third-order valence-corrected chi connectivity index (χ3v) is 4.60. The summed E-state index contributed by atoms with van der Waals surface area (Å²) in [6.45, 7) is 7.21. The first-order valence-electron chi connectivity index (χ1n) is 7.30. The fourth-order valence-corrected chi connectivity index (χ4v) is 2.97. The van der Waals surface area contributed by atoms with Gasteiger partial charge in [0, 0.05) is 0 Å². The van der Waals surface area contributed by atoms with Crippen molar-refractivity contribution in [2.45, 2.75) is 33.1 Å². The maximum absolute atomic E-state index is 5.43. The van der Waals surface area contributed by atoms with Crippen LogP contribution in [0.5, 0.6) is 11.5 Å². The molecular weight excluding hydrogens is 238 g/mol. The number of ether oxygens (including phenoxy) is 2. The molecule has 3 rings (SSSR count). The van der Waals surface area contributed by atoms with E-state index in [4.69, 9.17) is 9.47 Å². The fraction of sp³-hybridized carbons (Fsp3) is 0.625. The van der Waals surface area contributed by atoms with Gasteiger partial charge in [0.05, 0.1) is 0 Å². The molecule has 0 amide bonds. The smallest absolute Gasteiger partial charge is 0.231 e. The number of benzene rings is 1. The standard InChI is InChI=1S/C16H23NO2/c1-3-17-10-13-9-16(13,2)7-6-12-4-5-14-15(8-12)19-11-18-14/h4-5,8,13,17H,3,6-7,9-11H2,1-2H3. The second-order valence-corrected chi connectivity index (χ2v) is 6.05. The Labute approximate surface area is 115 Å². The summed E-state index contributed by atoms with van der Waals surface area (Å²) in [4.78, 5) is 0. The first-order valence-corrected chi connectivity index (χ1v) is 7.30. The van der Waals surface area contributed by atoms with Gasteiger partial charge in [-0.3, -0.25) is 0 Å². The maximum atomic E-state index is 5.43. The third kappa shape index (κ3) is 2.71. The quantitative estimate of drug-likeness (QED) is 0.854. The Hall–Kier alpha value is -1.22. The molecule has 3 heteroatoms. The summed E-state index contributed by atoms with van der Waals surface area (Å²) < 4.78 is 10.8. The number of aryl methyl sites for hydroxylation is 1. The second kappa shape index (κ2) is 5.04. The number of fused-ring (bicyclic) bond motifs is 1. The van der Waals surface area contributed by atoms with E-state index in [-0.39, 0.29) is 0 Å². The van der Waals surface area contributed by atoms with Crippen LogP contribution in [0.1, 0.15) is 32.3 Å². The van der Waals surface area contributed by atoms with Crippen LogP contribution < -0.4 is 14.8 Å². The monoisotopic (exact) mass is 261 g/mol. The van der Waals surface area contributed by atoms with Crippen LogP contribution in [0.15, 0.2) is 18.2 Å². The zero-order valence-corrected chi connectivity index (χ0v) is 11.9. The van der Waals surface area contributed by atoms with Crippen LogP contribution in [0.4, 0.5) is 0 Å². The van der Waals surface area contributed by atoms with E-state index >= 15 is 0 Å². The fourth-order valence-electron chi connectivity index (χ4n) is 2.97. The molecule has 2 unspecified atom stereocenters. The first-order chi connectivity index (χ1) is 9.21. The lowest BCUT2D eigenvalue weighted by atomic mass is 9.96. The SMILES string of the molecule is CCNCC1CC1(C)CCc1ccc2c(c1)OCO2. The summed E-state index contributed by atoms with van der Waals surface area (Å²) in [7, 11) is 0. The van der Waals surface area contributed by atoms with Crippen molar-refractivity contribution in [1.29, 1.82) is 0 Å². The highest BCUT2D eigenvalue weighted by molar-refractivity contribution is 5.44. The molecule has 0 aromatic heterocycles. The molecule has 1 saturated carbocycles. The van der Waals surface area contributed by atoms with Crippen LogP contribution in [0.3, 0.4) is 0 Å². The minimum atomic E-state index is 0.362. The van der Waals surface area contributed by atoms with E-state index in [9.17, 15) is 0 Å². The summed E-state index contributed by atoms with van der Waals surface area (Å²) in [5.41, 5.74) is 1.90. The van der Waals surface area contributed by atoms with Gasteiger partial charge in [-0.05, 0) is 61.4 Å². The Bertz CT molecular complexity index is 460. The summed E-state index contributed by atoms with van der Waals surface area (Å²) in [5.74, 6) is 2.65. The van der Waals surface area contributed by atoms with Crippen LogP contribution >= 0.6 is 0 Å². The number of nitrogens with one attached hydrogen (secondary N) is 1. The molecule has 2 aliphatic rings. The molecule has 0 spiro atoms. The van der Waals surface area contributed by atoms with E-state index in [1.54, 1.807) is 0 Å².